The third-order valence-corrected chi connectivity index (χ3v) is 6.80. The van der Waals surface area contributed by atoms with Crippen molar-refractivity contribution in [3.63, 3.8) is 0 Å². The average Bonchev–Trinajstić information content (AvgIpc) is 3.01. The number of ether oxygens (including phenoxy) is 2. The van der Waals surface area contributed by atoms with Crippen LogP contribution in [0.2, 0.25) is 0 Å². The maximum atomic E-state index is 12.8. The van der Waals surface area contributed by atoms with Crippen LogP contribution in [0.15, 0.2) is 125 Å². The van der Waals surface area contributed by atoms with Gasteiger partial charge in [-0.05, 0) is 70.4 Å². The lowest BCUT2D eigenvalue weighted by atomic mass is 10.0. The number of esters is 2. The molecule has 0 saturated carbocycles. The Bertz CT molecular complexity index is 1750. The first-order valence-corrected chi connectivity index (χ1v) is 13.4. The lowest BCUT2D eigenvalue weighted by Gasteiger charge is -2.11. The van der Waals surface area contributed by atoms with E-state index in [0.717, 1.165) is 20.8 Å². The van der Waals surface area contributed by atoms with E-state index in [1.807, 2.05) is 36.4 Å². The van der Waals surface area contributed by atoms with Crippen LogP contribution in [0.5, 0.6) is 11.5 Å². The van der Waals surface area contributed by atoms with Gasteiger partial charge in [-0.3, -0.25) is 4.79 Å². The number of carbonyl (C=O) groups is 3. The number of nitrogens with zero attached hydrogens (tertiary/aromatic N) is 1. The molecule has 0 saturated heterocycles. The number of hydrogen-bond donors (Lipinski definition) is 1. The maximum absolute atomic E-state index is 12.8. The van der Waals surface area contributed by atoms with Crippen molar-refractivity contribution in [1.82, 2.24) is 5.43 Å². The van der Waals surface area contributed by atoms with Crippen molar-refractivity contribution in [2.45, 2.75) is 6.42 Å². The van der Waals surface area contributed by atoms with Crippen LogP contribution in [-0.4, -0.2) is 24.1 Å². The highest BCUT2D eigenvalue weighted by Gasteiger charge is 2.17. The molecular weight excluding hydrogens is 584 g/mol. The molecule has 0 atom stereocenters. The zero-order valence-electron chi connectivity index (χ0n) is 21.6. The molecule has 41 heavy (non-hydrogen) atoms. The second kappa shape index (κ2) is 12.8. The molecule has 1 amide bonds. The van der Waals surface area contributed by atoms with Crippen molar-refractivity contribution >= 4 is 50.8 Å². The molecule has 0 aliphatic carbocycles. The monoisotopic (exact) mass is 606 g/mol. The van der Waals surface area contributed by atoms with Gasteiger partial charge in [-0.1, -0.05) is 82.7 Å². The van der Waals surface area contributed by atoms with Crippen molar-refractivity contribution in [3.8, 4) is 11.5 Å². The topological polar surface area (TPSA) is 94.1 Å². The van der Waals surface area contributed by atoms with Gasteiger partial charge in [0.1, 0.15) is 0 Å². The van der Waals surface area contributed by atoms with Gasteiger partial charge in [0.25, 0.3) is 0 Å². The molecule has 0 heterocycles. The summed E-state index contributed by atoms with van der Waals surface area (Å²) in [6.07, 6.45) is 1.56. The number of hydrogen-bond acceptors (Lipinski definition) is 6. The van der Waals surface area contributed by atoms with E-state index >= 15 is 0 Å². The molecule has 8 heteroatoms. The SMILES string of the molecule is O=C(Cc1ccc(Br)c2ccccc12)N/N=C\c1ccc(OC(=O)c2ccccc2)c(OC(=O)c2ccccc2)c1. The molecule has 0 aromatic heterocycles. The highest BCUT2D eigenvalue weighted by molar-refractivity contribution is 9.10. The molecule has 0 aliphatic heterocycles. The number of benzene rings is 5. The van der Waals surface area contributed by atoms with Crippen LogP contribution in [0.1, 0.15) is 31.8 Å². The quantitative estimate of drug-likeness (QED) is 0.0914. The van der Waals surface area contributed by atoms with Gasteiger partial charge in [-0.15, -0.1) is 0 Å². The van der Waals surface area contributed by atoms with Crippen LogP contribution in [0.25, 0.3) is 10.8 Å². The molecule has 0 aliphatic rings. The summed E-state index contributed by atoms with van der Waals surface area (Å²) >= 11 is 3.55. The van der Waals surface area contributed by atoms with E-state index in [4.69, 9.17) is 9.47 Å². The van der Waals surface area contributed by atoms with Crippen LogP contribution in [0, 0.1) is 0 Å². The number of nitrogens with one attached hydrogen (secondary N) is 1. The van der Waals surface area contributed by atoms with E-state index in [1.54, 1.807) is 66.7 Å². The molecule has 0 unspecified atom stereocenters. The summed E-state index contributed by atoms with van der Waals surface area (Å²) in [6, 6.07) is 33.2. The highest BCUT2D eigenvalue weighted by Crippen LogP contribution is 2.30. The minimum absolute atomic E-state index is 0.0275. The van der Waals surface area contributed by atoms with Gasteiger partial charge in [0.15, 0.2) is 11.5 Å². The van der Waals surface area contributed by atoms with Crippen molar-refractivity contribution in [1.29, 1.82) is 0 Å². The second-order valence-corrected chi connectivity index (χ2v) is 9.79. The Labute approximate surface area is 244 Å². The first kappa shape index (κ1) is 27.5. The molecule has 5 aromatic carbocycles. The summed E-state index contributed by atoms with van der Waals surface area (Å²) in [7, 11) is 0. The molecule has 1 N–H and O–H groups in total. The minimum atomic E-state index is -0.619. The molecule has 5 aromatic rings. The standard InChI is InChI=1S/C33H23BrN2O5/c34-28-17-16-25(26-13-7-8-14-27(26)28)20-31(37)36-35-21-22-15-18-29(40-32(38)23-9-3-1-4-10-23)30(19-22)41-33(39)24-11-5-2-6-12-24/h1-19,21H,20H2,(H,36,37)/b35-21-. The largest absolute Gasteiger partial charge is 0.419 e. The molecule has 0 bridgehead atoms. The van der Waals surface area contributed by atoms with Crippen LogP contribution < -0.4 is 14.9 Å². The normalized spacial score (nSPS) is 10.9. The Morgan fingerprint density at radius 2 is 1.27 bits per heavy atom. The van der Waals surface area contributed by atoms with Crippen molar-refractivity contribution in [3.05, 3.63) is 142 Å². The van der Waals surface area contributed by atoms with Crippen molar-refractivity contribution in [2.75, 3.05) is 0 Å². The van der Waals surface area contributed by atoms with Crippen LogP contribution >= 0.6 is 15.9 Å². The summed E-state index contributed by atoms with van der Waals surface area (Å²) in [5, 5.41) is 6.07. The first-order valence-electron chi connectivity index (χ1n) is 12.6. The minimum Gasteiger partial charge on any atom is -0.419 e. The molecule has 0 radical (unpaired) electrons. The van der Waals surface area contributed by atoms with Gasteiger partial charge in [0, 0.05) is 4.47 Å². The van der Waals surface area contributed by atoms with Crippen molar-refractivity contribution in [2.24, 2.45) is 5.10 Å². The zero-order chi connectivity index (χ0) is 28.6. The summed E-state index contributed by atoms with van der Waals surface area (Å²) in [5.41, 5.74) is 4.60. The number of halogens is 1. The van der Waals surface area contributed by atoms with Crippen LogP contribution in [0.3, 0.4) is 0 Å². The molecular formula is C33H23BrN2O5. The fraction of sp³-hybridized carbons (Fsp3) is 0.0303. The summed E-state index contributed by atoms with van der Waals surface area (Å²) in [6.45, 7) is 0. The fourth-order valence-electron chi connectivity index (χ4n) is 4.11. The Kier molecular flexibility index (Phi) is 8.61. The first-order chi connectivity index (χ1) is 20.0. The third-order valence-electron chi connectivity index (χ3n) is 6.11. The number of amides is 1. The van der Waals surface area contributed by atoms with E-state index in [-0.39, 0.29) is 23.8 Å². The molecule has 0 spiro atoms. The van der Waals surface area contributed by atoms with Gasteiger partial charge >= 0.3 is 11.9 Å². The second-order valence-electron chi connectivity index (χ2n) is 8.94. The Morgan fingerprint density at radius 1 is 0.683 bits per heavy atom. The summed E-state index contributed by atoms with van der Waals surface area (Å²) in [5.74, 6) is -1.42. The Balaban J connectivity index is 1.32. The van der Waals surface area contributed by atoms with Crippen molar-refractivity contribution < 1.29 is 23.9 Å². The van der Waals surface area contributed by atoms with E-state index in [2.05, 4.69) is 26.5 Å². The number of carbonyl (C=O) groups excluding carboxylic acids is 3. The van der Waals surface area contributed by atoms with Gasteiger partial charge in [0.2, 0.25) is 5.91 Å². The number of fused-ring (bicyclic) bond motifs is 1. The Hall–Kier alpha value is -5.08. The third kappa shape index (κ3) is 6.93. The van der Waals surface area contributed by atoms with E-state index in [1.165, 1.54) is 18.3 Å². The summed E-state index contributed by atoms with van der Waals surface area (Å²) in [4.78, 5) is 38.1. The fourth-order valence-corrected chi connectivity index (χ4v) is 4.58. The predicted octanol–water partition coefficient (Wildman–Crippen LogP) is 6.73. The van der Waals surface area contributed by atoms with E-state index in [0.29, 0.717) is 16.7 Å². The number of rotatable bonds is 8. The molecule has 5 rings (SSSR count). The zero-order valence-corrected chi connectivity index (χ0v) is 23.2. The molecule has 202 valence electrons. The lowest BCUT2D eigenvalue weighted by Crippen LogP contribution is -2.20. The van der Waals surface area contributed by atoms with Gasteiger partial charge in [-0.2, -0.15) is 5.10 Å². The number of hydrazone groups is 1. The molecule has 7 nitrogen and oxygen atoms in total. The molecule has 0 fully saturated rings. The smallest absolute Gasteiger partial charge is 0.343 e. The highest BCUT2D eigenvalue weighted by atomic mass is 79.9. The summed E-state index contributed by atoms with van der Waals surface area (Å²) < 4.78 is 12.1. The lowest BCUT2D eigenvalue weighted by molar-refractivity contribution is -0.120. The average molecular weight is 607 g/mol. The van der Waals surface area contributed by atoms with Gasteiger partial charge in [-0.25, -0.2) is 15.0 Å². The van der Waals surface area contributed by atoms with Gasteiger partial charge < -0.3 is 9.47 Å². The van der Waals surface area contributed by atoms with Crippen LogP contribution in [-0.2, 0) is 11.2 Å². The predicted molar refractivity (Wildman–Crippen MR) is 160 cm³/mol. The van der Waals surface area contributed by atoms with E-state index in [9.17, 15) is 14.4 Å². The van der Waals surface area contributed by atoms with Crippen LogP contribution in [0.4, 0.5) is 0 Å². The maximum Gasteiger partial charge on any atom is 0.343 e. The Morgan fingerprint density at radius 3 is 1.93 bits per heavy atom. The van der Waals surface area contributed by atoms with Gasteiger partial charge in [0.05, 0.1) is 23.8 Å². The van der Waals surface area contributed by atoms with E-state index < -0.39 is 11.9 Å².